The van der Waals surface area contributed by atoms with Gasteiger partial charge in [-0.25, -0.2) is 18.1 Å². The van der Waals surface area contributed by atoms with Gasteiger partial charge in [0, 0.05) is 36.8 Å². The van der Waals surface area contributed by atoms with E-state index < -0.39 is 10.0 Å². The van der Waals surface area contributed by atoms with Gasteiger partial charge in [-0.1, -0.05) is 0 Å². The second-order valence-electron chi connectivity index (χ2n) is 5.12. The minimum Gasteiger partial charge on any atom is -0.335 e. The van der Waals surface area contributed by atoms with Crippen LogP contribution in [-0.2, 0) is 23.0 Å². The van der Waals surface area contributed by atoms with Crippen molar-refractivity contribution < 1.29 is 8.42 Å². The van der Waals surface area contributed by atoms with Crippen molar-refractivity contribution in [3.63, 3.8) is 0 Å². The average molecular weight is 311 g/mol. The zero-order valence-corrected chi connectivity index (χ0v) is 12.9. The van der Waals surface area contributed by atoms with E-state index in [4.69, 9.17) is 0 Å². The number of fused-ring (bicyclic) bond motifs is 1. The van der Waals surface area contributed by atoms with E-state index in [-0.39, 0.29) is 0 Å². The predicted molar refractivity (Wildman–Crippen MR) is 78.3 cm³/mol. The Morgan fingerprint density at radius 2 is 2.35 bits per heavy atom. The maximum absolute atomic E-state index is 12.2. The van der Waals surface area contributed by atoms with Gasteiger partial charge in [-0.2, -0.15) is 0 Å². The number of sulfonamides is 1. The van der Waals surface area contributed by atoms with E-state index in [0.717, 1.165) is 30.1 Å². The minimum atomic E-state index is -3.36. The van der Waals surface area contributed by atoms with Gasteiger partial charge < -0.3 is 4.57 Å². The second kappa shape index (κ2) is 5.31. The van der Waals surface area contributed by atoms with Crippen molar-refractivity contribution in [1.29, 1.82) is 0 Å². The molecular formula is C13H17N3O2S2. The molecule has 2 aromatic heterocycles. The molecule has 0 spiro atoms. The fourth-order valence-electron chi connectivity index (χ4n) is 2.46. The van der Waals surface area contributed by atoms with Crippen molar-refractivity contribution in [3.8, 4) is 0 Å². The first-order valence-electron chi connectivity index (χ1n) is 6.61. The van der Waals surface area contributed by atoms with Crippen LogP contribution >= 0.6 is 11.3 Å². The van der Waals surface area contributed by atoms with Gasteiger partial charge in [0.2, 0.25) is 10.0 Å². The molecule has 0 unspecified atom stereocenters. The lowest BCUT2D eigenvalue weighted by atomic mass is 10.00. The summed E-state index contributed by atoms with van der Waals surface area (Å²) in [6.45, 7) is 3.23. The highest BCUT2D eigenvalue weighted by Crippen LogP contribution is 2.22. The molecule has 1 aliphatic heterocycles. The lowest BCUT2D eigenvalue weighted by Crippen LogP contribution is -2.33. The molecule has 2 aromatic rings. The summed E-state index contributed by atoms with van der Waals surface area (Å²) in [7, 11) is -3.36. The summed E-state index contributed by atoms with van der Waals surface area (Å²) in [6, 6.07) is 3.49. The van der Waals surface area contributed by atoms with E-state index >= 15 is 0 Å². The summed E-state index contributed by atoms with van der Waals surface area (Å²) in [5, 5.41) is 0. The number of aryl methyl sites for hydroxylation is 2. The number of nitrogens with one attached hydrogen (secondary N) is 1. The number of nitrogens with zero attached hydrogens (tertiary/aromatic N) is 2. The summed E-state index contributed by atoms with van der Waals surface area (Å²) >= 11 is 1.31. The van der Waals surface area contributed by atoms with Crippen LogP contribution in [0.2, 0.25) is 0 Å². The van der Waals surface area contributed by atoms with Crippen molar-refractivity contribution in [2.75, 3.05) is 6.54 Å². The first kappa shape index (κ1) is 13.8. The van der Waals surface area contributed by atoms with Crippen LogP contribution in [-0.4, -0.2) is 24.5 Å². The SMILES string of the molecule is Cc1ccc(S(=O)(=O)NC[C@@H]2CCc3nccn3C2)s1. The normalized spacial score (nSPS) is 18.9. The summed E-state index contributed by atoms with van der Waals surface area (Å²) in [6.07, 6.45) is 5.65. The molecular weight excluding hydrogens is 294 g/mol. The van der Waals surface area contributed by atoms with Crippen molar-refractivity contribution in [2.24, 2.45) is 5.92 Å². The van der Waals surface area contributed by atoms with Crippen LogP contribution in [0.3, 0.4) is 0 Å². The quantitative estimate of drug-likeness (QED) is 0.936. The van der Waals surface area contributed by atoms with E-state index in [1.807, 2.05) is 19.2 Å². The lowest BCUT2D eigenvalue weighted by Gasteiger charge is -2.23. The van der Waals surface area contributed by atoms with Crippen LogP contribution in [0.25, 0.3) is 0 Å². The fraction of sp³-hybridized carbons (Fsp3) is 0.462. The fourth-order valence-corrected chi connectivity index (χ4v) is 4.90. The second-order valence-corrected chi connectivity index (χ2v) is 8.40. The third-order valence-electron chi connectivity index (χ3n) is 3.58. The highest BCUT2D eigenvalue weighted by Gasteiger charge is 2.22. The van der Waals surface area contributed by atoms with Gasteiger partial charge in [-0.3, -0.25) is 0 Å². The molecule has 0 radical (unpaired) electrons. The Bertz CT molecular complexity index is 703. The van der Waals surface area contributed by atoms with Gasteiger partial charge in [0.25, 0.3) is 0 Å². The highest BCUT2D eigenvalue weighted by molar-refractivity contribution is 7.91. The third kappa shape index (κ3) is 2.79. The van der Waals surface area contributed by atoms with Gasteiger partial charge in [-0.15, -0.1) is 11.3 Å². The molecule has 0 amide bonds. The van der Waals surface area contributed by atoms with E-state index in [9.17, 15) is 8.42 Å². The predicted octanol–water partition coefficient (Wildman–Crippen LogP) is 1.79. The number of rotatable bonds is 4. The zero-order chi connectivity index (χ0) is 14.2. The minimum absolute atomic E-state index is 0.326. The van der Waals surface area contributed by atoms with Crippen LogP contribution in [0.4, 0.5) is 0 Å². The molecule has 3 rings (SSSR count). The van der Waals surface area contributed by atoms with Crippen molar-refractivity contribution >= 4 is 21.4 Å². The molecule has 20 heavy (non-hydrogen) atoms. The Hall–Kier alpha value is -1.18. The Labute approximate surface area is 122 Å². The van der Waals surface area contributed by atoms with Crippen molar-refractivity contribution in [2.45, 2.75) is 30.5 Å². The smallest absolute Gasteiger partial charge is 0.250 e. The molecule has 1 atom stereocenters. The highest BCUT2D eigenvalue weighted by atomic mass is 32.2. The van der Waals surface area contributed by atoms with Gasteiger partial charge in [0.05, 0.1) is 0 Å². The average Bonchev–Trinajstić information content (AvgIpc) is 3.04. The van der Waals surface area contributed by atoms with Crippen LogP contribution in [0, 0.1) is 12.8 Å². The van der Waals surface area contributed by atoms with Crippen molar-refractivity contribution in [3.05, 3.63) is 35.2 Å². The summed E-state index contributed by atoms with van der Waals surface area (Å²) < 4.78 is 29.6. The van der Waals surface area contributed by atoms with Crippen LogP contribution in [0.1, 0.15) is 17.1 Å². The monoisotopic (exact) mass is 311 g/mol. The van der Waals surface area contributed by atoms with Crippen LogP contribution in [0.5, 0.6) is 0 Å². The largest absolute Gasteiger partial charge is 0.335 e. The molecule has 108 valence electrons. The molecule has 0 saturated carbocycles. The van der Waals surface area contributed by atoms with Gasteiger partial charge in [0.1, 0.15) is 10.0 Å². The molecule has 3 heterocycles. The maximum Gasteiger partial charge on any atom is 0.250 e. The summed E-state index contributed by atoms with van der Waals surface area (Å²) in [5.74, 6) is 1.42. The lowest BCUT2D eigenvalue weighted by molar-refractivity contribution is 0.363. The molecule has 0 fully saturated rings. The Balaban J connectivity index is 1.63. The number of imidazole rings is 1. The van der Waals surface area contributed by atoms with Crippen LogP contribution < -0.4 is 4.72 Å². The molecule has 7 heteroatoms. The molecule has 0 bridgehead atoms. The standard InChI is InChI=1S/C13H17N3O2S2/c1-10-2-5-13(19-10)20(17,18)15-8-11-3-4-12-14-6-7-16(12)9-11/h2,5-7,11,15H,3-4,8-9H2,1H3/t11-/m0/s1. The van der Waals surface area contributed by atoms with Gasteiger partial charge in [-0.05, 0) is 31.4 Å². The first-order chi connectivity index (χ1) is 9.54. The van der Waals surface area contributed by atoms with E-state index in [1.54, 1.807) is 12.3 Å². The Kier molecular flexibility index (Phi) is 3.66. The molecule has 1 N–H and O–H groups in total. The van der Waals surface area contributed by atoms with E-state index in [1.165, 1.54) is 11.3 Å². The number of hydrogen-bond donors (Lipinski definition) is 1. The summed E-state index contributed by atoms with van der Waals surface area (Å²) in [5.41, 5.74) is 0. The van der Waals surface area contributed by atoms with Crippen molar-refractivity contribution in [1.82, 2.24) is 14.3 Å². The Morgan fingerprint density at radius 1 is 1.50 bits per heavy atom. The van der Waals surface area contributed by atoms with Gasteiger partial charge in [0.15, 0.2) is 0 Å². The molecule has 5 nitrogen and oxygen atoms in total. The molecule has 0 saturated heterocycles. The van der Waals surface area contributed by atoms with E-state index in [2.05, 4.69) is 14.3 Å². The molecule has 1 aliphatic rings. The van der Waals surface area contributed by atoms with Crippen LogP contribution in [0.15, 0.2) is 28.7 Å². The Morgan fingerprint density at radius 3 is 3.10 bits per heavy atom. The van der Waals surface area contributed by atoms with Gasteiger partial charge >= 0.3 is 0 Å². The molecule has 0 aliphatic carbocycles. The first-order valence-corrected chi connectivity index (χ1v) is 8.91. The third-order valence-corrected chi connectivity index (χ3v) is 6.49. The number of hydrogen-bond acceptors (Lipinski definition) is 4. The number of aromatic nitrogens is 2. The zero-order valence-electron chi connectivity index (χ0n) is 11.2. The maximum atomic E-state index is 12.2. The number of thiophene rings is 1. The van der Waals surface area contributed by atoms with E-state index in [0.29, 0.717) is 16.7 Å². The summed E-state index contributed by atoms with van der Waals surface area (Å²) in [4.78, 5) is 5.28. The topological polar surface area (TPSA) is 64.0 Å². The molecule has 0 aromatic carbocycles.